The van der Waals surface area contributed by atoms with Gasteiger partial charge >= 0.3 is 0 Å². The summed E-state index contributed by atoms with van der Waals surface area (Å²) in [5.41, 5.74) is 14.2. The Hall–Kier alpha value is -7.39. The average molecular weight is 1280 g/mol. The van der Waals surface area contributed by atoms with Crippen molar-refractivity contribution in [3.8, 4) is 34.0 Å². The highest BCUT2D eigenvalue weighted by Gasteiger charge is 2.24. The van der Waals surface area contributed by atoms with Gasteiger partial charge in [-0.1, -0.05) is 131 Å². The first-order valence-electron chi connectivity index (χ1n) is 29.5. The van der Waals surface area contributed by atoms with Crippen molar-refractivity contribution < 1.29 is 47.0 Å². The molecule has 0 spiro atoms. The lowest BCUT2D eigenvalue weighted by molar-refractivity contribution is -0.128. The molecule has 0 aliphatic carbocycles. The molecule has 0 unspecified atom stereocenters. The zero-order valence-electron chi connectivity index (χ0n) is 53.5. The van der Waals surface area contributed by atoms with Crippen molar-refractivity contribution >= 4 is 62.2 Å². The molecule has 0 aliphatic rings. The third-order valence-corrected chi connectivity index (χ3v) is 15.4. The molecule has 21 heteroatoms. The van der Waals surface area contributed by atoms with Crippen molar-refractivity contribution in [2.75, 3.05) is 25.6 Å². The van der Waals surface area contributed by atoms with Crippen LogP contribution >= 0.6 is 23.2 Å². The summed E-state index contributed by atoms with van der Waals surface area (Å²) in [6.45, 7) is 25.0. The van der Waals surface area contributed by atoms with E-state index >= 15 is 0 Å². The summed E-state index contributed by atoms with van der Waals surface area (Å²) in [5.74, 6) is 2.91. The fourth-order valence-electron chi connectivity index (χ4n) is 9.83. The normalized spacial score (nSPS) is 12.3. The van der Waals surface area contributed by atoms with Crippen LogP contribution in [0.15, 0.2) is 125 Å². The molecule has 8 aromatic rings. The third kappa shape index (κ3) is 21.1. The zero-order chi connectivity index (χ0) is 66.1. The SMILES string of the molecule is CC(C)Oc1cc(N)c(C(=O)C[C@H](CCO)Cc2ccc(-c3cn(C)c(C(C)(C)C)n3)cc2)cc1Cl.CC(C)Oc1cc2ncn([C@H](CCO)Cc3ccc(-c4cn(C)c(C(C)(C)C)n4)cc3)c(=O)c2cc1Cl.CCOC=O.Cc1ccc(S(=O)(=O)O)cc1. The second-order valence-corrected chi connectivity index (χ2v) is 26.6. The van der Waals surface area contributed by atoms with Crippen LogP contribution in [0.2, 0.25) is 10.0 Å². The first-order chi connectivity index (χ1) is 41.8. The molecule has 0 saturated carbocycles. The number of ether oxygens (including phenoxy) is 3. The van der Waals surface area contributed by atoms with Crippen molar-refractivity contribution in [1.29, 1.82) is 0 Å². The van der Waals surface area contributed by atoms with E-state index in [1.54, 1.807) is 54.2 Å². The minimum Gasteiger partial charge on any atom is -0.489 e. The van der Waals surface area contributed by atoms with Gasteiger partial charge in [0.15, 0.2) is 5.78 Å². The maximum atomic E-state index is 13.4. The second-order valence-electron chi connectivity index (χ2n) is 24.4. The van der Waals surface area contributed by atoms with Gasteiger partial charge in [-0.3, -0.25) is 23.5 Å². The van der Waals surface area contributed by atoms with Crippen molar-refractivity contribution in [3.05, 3.63) is 170 Å². The van der Waals surface area contributed by atoms with Gasteiger partial charge in [-0.15, -0.1) is 0 Å². The summed E-state index contributed by atoms with van der Waals surface area (Å²) in [7, 11) is 0.0205. The number of nitrogen functional groups attached to an aromatic ring is 1. The number of anilines is 1. The molecule has 3 heterocycles. The van der Waals surface area contributed by atoms with Gasteiger partial charge in [-0.25, -0.2) is 15.0 Å². The average Bonchev–Trinajstić information content (AvgIpc) is 1.24. The summed E-state index contributed by atoms with van der Waals surface area (Å²) in [6.07, 6.45) is 8.00. The first kappa shape index (κ1) is 72.4. The third-order valence-electron chi connectivity index (χ3n) is 14.0. The number of aromatic nitrogens is 6. The Balaban J connectivity index is 0.000000260. The standard InChI is InChI=1S/C29H35ClN4O3.C29H38ClN3O3.C7H8O3S.C3H6O2/c1-18(2)37-26-15-24-22(14-23(26)30)27(36)34(17-31-24)21(11-12-35)13-19-7-9-20(10-8-19)25-16-33(6)28(32-25)29(3,4)5;1-18(2)36-27-16-24(31)22(15-23(27)30)26(35)14-20(11-12-34)13-19-7-9-21(10-8-19)25-17-33(6)28(32-25)29(3,4)5;1-6-2-4-7(5-3-6)11(8,9)10;1-2-5-3-4/h7-10,14-18,21,35H,11-13H2,1-6H3;7-10,15-18,20,34H,11-14,31H2,1-6H3;2-5H,1H3,(H,8,9,10);3H,2H2,1H3/t21-;20-;;/m11../s1. The number of fused-ring (bicyclic) bond motifs is 1. The number of aryl methyl sites for hydroxylation is 3. The van der Waals surface area contributed by atoms with Gasteiger partial charge in [0.25, 0.3) is 22.1 Å². The van der Waals surface area contributed by atoms with Crippen molar-refractivity contribution in [2.45, 2.75) is 149 Å². The molecule has 5 aromatic carbocycles. The zero-order valence-corrected chi connectivity index (χ0v) is 55.9. The summed E-state index contributed by atoms with van der Waals surface area (Å²) in [5, 5.41) is 20.5. The number of imidazole rings is 2. The van der Waals surface area contributed by atoms with E-state index in [1.807, 2.05) is 54.9 Å². The summed E-state index contributed by atoms with van der Waals surface area (Å²) >= 11 is 12.7. The van der Waals surface area contributed by atoms with Crippen LogP contribution in [0, 0.1) is 12.8 Å². The van der Waals surface area contributed by atoms with Crippen LogP contribution in [0.5, 0.6) is 11.5 Å². The molecule has 480 valence electrons. The van der Waals surface area contributed by atoms with Crippen LogP contribution in [0.1, 0.15) is 140 Å². The maximum absolute atomic E-state index is 13.4. The van der Waals surface area contributed by atoms with E-state index in [-0.39, 0.29) is 70.9 Å². The summed E-state index contributed by atoms with van der Waals surface area (Å²) in [6, 6.07) is 28.7. The molecule has 5 N–H and O–H groups in total. The lowest BCUT2D eigenvalue weighted by Gasteiger charge is -2.20. The number of hydrogen-bond donors (Lipinski definition) is 4. The van der Waals surface area contributed by atoms with Crippen LogP contribution in [0.3, 0.4) is 0 Å². The van der Waals surface area contributed by atoms with Crippen molar-refractivity contribution in [2.24, 2.45) is 20.0 Å². The number of carbonyl (C=O) groups is 2. The molecule has 89 heavy (non-hydrogen) atoms. The van der Waals surface area contributed by atoms with Crippen molar-refractivity contribution in [1.82, 2.24) is 28.7 Å². The Morgan fingerprint density at radius 3 is 1.63 bits per heavy atom. The number of ketones is 1. The smallest absolute Gasteiger partial charge is 0.294 e. The van der Waals surface area contributed by atoms with Gasteiger partial charge in [0.2, 0.25) is 0 Å². The Kier molecular flexibility index (Phi) is 26.3. The number of benzene rings is 5. The highest BCUT2D eigenvalue weighted by Crippen LogP contribution is 2.34. The Morgan fingerprint density at radius 1 is 0.719 bits per heavy atom. The lowest BCUT2D eigenvalue weighted by Crippen LogP contribution is -2.27. The number of rotatable bonds is 21. The molecule has 0 amide bonds. The second kappa shape index (κ2) is 32.4. The first-order valence-corrected chi connectivity index (χ1v) is 31.7. The van der Waals surface area contributed by atoms with Gasteiger partial charge in [0.05, 0.1) is 62.4 Å². The predicted molar refractivity (Wildman–Crippen MR) is 354 cm³/mol. The molecule has 8 rings (SSSR count). The highest BCUT2D eigenvalue weighted by molar-refractivity contribution is 7.85. The molecule has 0 fully saturated rings. The van der Waals surface area contributed by atoms with E-state index in [9.17, 15) is 33.0 Å². The fourth-order valence-corrected chi connectivity index (χ4v) is 10.7. The van der Waals surface area contributed by atoms with Gasteiger partial charge in [0, 0.05) is 97.5 Å². The quantitative estimate of drug-likeness (QED) is 0.0226. The number of Topliss-reactive ketones (excluding diaryl/α,β-unsaturated/α-hetero) is 1. The number of carbonyl (C=O) groups excluding carboxylic acids is 2. The molecule has 18 nitrogen and oxygen atoms in total. The Labute approximate surface area is 533 Å². The van der Waals surface area contributed by atoms with E-state index in [4.69, 9.17) is 52.9 Å². The number of hydrogen-bond acceptors (Lipinski definition) is 14. The molecule has 0 bridgehead atoms. The molecular formula is C68H87Cl2N7O11S. The van der Waals surface area contributed by atoms with Crippen molar-refractivity contribution in [3.63, 3.8) is 0 Å². The van der Waals surface area contributed by atoms with Crippen LogP contribution < -0.4 is 20.8 Å². The number of nitrogens with two attached hydrogens (primary N) is 1. The number of halogens is 2. The lowest BCUT2D eigenvalue weighted by atomic mass is 9.89. The fraction of sp³-hybridized carbons (Fsp3) is 0.412. The van der Waals surface area contributed by atoms with Crippen LogP contribution in [-0.4, -0.2) is 96.1 Å². The summed E-state index contributed by atoms with van der Waals surface area (Å²) < 4.78 is 50.8. The Bertz CT molecular complexity index is 3790. The molecular weight excluding hydrogens is 1190 g/mol. The Morgan fingerprint density at radius 2 is 1.20 bits per heavy atom. The topological polar surface area (TPSA) is 253 Å². The largest absolute Gasteiger partial charge is 0.489 e. The highest BCUT2D eigenvalue weighted by atomic mass is 35.5. The van der Waals surface area contributed by atoms with Gasteiger partial charge < -0.3 is 39.3 Å². The summed E-state index contributed by atoms with van der Waals surface area (Å²) in [4.78, 5) is 49.8. The van der Waals surface area contributed by atoms with Gasteiger partial charge in [-0.2, -0.15) is 8.42 Å². The van der Waals surface area contributed by atoms with E-state index < -0.39 is 10.1 Å². The predicted octanol–water partition coefficient (Wildman–Crippen LogP) is 13.3. The molecule has 2 atom stereocenters. The number of aliphatic hydroxyl groups excluding tert-OH is 2. The van der Waals surface area contributed by atoms with E-state index in [1.165, 1.54) is 12.1 Å². The van der Waals surface area contributed by atoms with Crippen LogP contribution in [0.4, 0.5) is 5.69 Å². The molecule has 0 aliphatic heterocycles. The van der Waals surface area contributed by atoms with E-state index in [0.717, 1.165) is 50.9 Å². The van der Waals surface area contributed by atoms with E-state index in [2.05, 4.69) is 115 Å². The van der Waals surface area contributed by atoms with Crippen LogP contribution in [0.25, 0.3) is 33.4 Å². The minimum absolute atomic E-state index is 0.0109. The van der Waals surface area contributed by atoms with Gasteiger partial charge in [-0.05, 0) is 109 Å². The number of nitrogens with zero attached hydrogens (tertiary/aromatic N) is 6. The minimum atomic E-state index is -4.02. The van der Waals surface area contributed by atoms with E-state index in [0.29, 0.717) is 82.5 Å². The molecule has 0 radical (unpaired) electrons. The molecule has 0 saturated heterocycles. The van der Waals surface area contributed by atoms with Crippen LogP contribution in [-0.2, 0) is 57.4 Å². The van der Waals surface area contributed by atoms with Gasteiger partial charge in [0.1, 0.15) is 23.1 Å². The maximum Gasteiger partial charge on any atom is 0.294 e. The number of aliphatic hydroxyl groups is 2. The monoisotopic (exact) mass is 1280 g/mol. The molecule has 3 aromatic heterocycles.